The van der Waals surface area contributed by atoms with E-state index in [9.17, 15) is 11.0 Å². The molecule has 0 N–H and O–H groups in total. The predicted octanol–water partition coefficient (Wildman–Crippen LogP) is 15.9. The fourth-order valence-corrected chi connectivity index (χ4v) is 8.88. The van der Waals surface area contributed by atoms with Crippen LogP contribution in [0.25, 0.3) is 120 Å². The first-order valence-electron chi connectivity index (χ1n) is 22.9. The molecule has 0 unspecified atom stereocenters. The Kier molecular flexibility index (Phi) is 5.23. The zero-order valence-electron chi connectivity index (χ0n) is 38.0. The molecule has 0 radical (unpaired) electrons. The van der Waals surface area contributed by atoms with Crippen LogP contribution >= 0.6 is 0 Å². The first-order chi connectivity index (χ1) is 31.1. The van der Waals surface area contributed by atoms with Crippen molar-refractivity contribution >= 4 is 75.4 Å². The van der Waals surface area contributed by atoms with Gasteiger partial charge in [-0.2, -0.15) is 0 Å². The van der Waals surface area contributed by atoms with Gasteiger partial charge in [-0.3, -0.25) is 0 Å². The third-order valence-electron chi connectivity index (χ3n) is 11.5. The van der Waals surface area contributed by atoms with Crippen molar-refractivity contribution in [3.05, 3.63) is 206 Å². The standard InChI is InChI=1S/C56H34/c1-3-15-43-35(9-1)11-5-17-45(43)41-25-27-47-39(33-41)13-7-19-49(47)51-29-21-37-24-32-54-52(30-22-38-23-31-53(51)55(37)56(38)54)50-20-8-14-40-34-42(26-28-48(40)50)46-18-6-12-36-10-2-4-16-44(36)46/h1-34H/i21D,22D,23D,24D,29D,30D,31D,32D. The minimum Gasteiger partial charge on any atom is -0.0616 e. The van der Waals surface area contributed by atoms with Gasteiger partial charge in [-0.25, -0.2) is 0 Å². The van der Waals surface area contributed by atoms with E-state index in [0.717, 1.165) is 65.3 Å². The Hall–Kier alpha value is -7.28. The molecule has 0 heterocycles. The summed E-state index contributed by atoms with van der Waals surface area (Å²) in [6.07, 6.45) is 0. The van der Waals surface area contributed by atoms with Crippen LogP contribution in [0.2, 0.25) is 0 Å². The van der Waals surface area contributed by atoms with Gasteiger partial charge in [0.25, 0.3) is 0 Å². The fraction of sp³-hybridized carbons (Fsp3) is 0. The van der Waals surface area contributed by atoms with E-state index in [4.69, 9.17) is 0 Å². The van der Waals surface area contributed by atoms with Gasteiger partial charge in [0.15, 0.2) is 0 Å². The van der Waals surface area contributed by atoms with Crippen LogP contribution in [0.4, 0.5) is 0 Å². The van der Waals surface area contributed by atoms with E-state index in [0.29, 0.717) is 21.9 Å². The van der Waals surface area contributed by atoms with E-state index in [1.165, 1.54) is 0 Å². The minimum absolute atomic E-state index is 0.0268. The van der Waals surface area contributed by atoms with Gasteiger partial charge < -0.3 is 0 Å². The molecule has 12 aromatic carbocycles. The monoisotopic (exact) mass is 714 g/mol. The summed E-state index contributed by atoms with van der Waals surface area (Å²) in [4.78, 5) is 0. The largest absolute Gasteiger partial charge is 0.0630 e. The molecule has 0 bridgehead atoms. The molecule has 0 heteroatoms. The normalized spacial score (nSPS) is 13.9. The van der Waals surface area contributed by atoms with Gasteiger partial charge in [-0.1, -0.05) is 194 Å². The molecule has 258 valence electrons. The zero-order valence-corrected chi connectivity index (χ0v) is 30.0. The Morgan fingerprint density at radius 3 is 1.09 bits per heavy atom. The topological polar surface area (TPSA) is 0 Å². The Morgan fingerprint density at radius 1 is 0.232 bits per heavy atom. The molecular weight excluding hydrogens is 673 g/mol. The third kappa shape index (κ3) is 4.66. The molecule has 12 aromatic rings. The summed E-state index contributed by atoms with van der Waals surface area (Å²) in [5.74, 6) is 0. The Morgan fingerprint density at radius 2 is 0.607 bits per heavy atom. The van der Waals surface area contributed by atoms with Crippen molar-refractivity contribution in [2.24, 2.45) is 0 Å². The second-order valence-electron chi connectivity index (χ2n) is 14.5. The molecule has 0 nitrogen and oxygen atoms in total. The van der Waals surface area contributed by atoms with Crippen LogP contribution in [0.5, 0.6) is 0 Å². The van der Waals surface area contributed by atoms with E-state index < -0.39 is 0 Å². The van der Waals surface area contributed by atoms with Gasteiger partial charge in [0.1, 0.15) is 0 Å². The molecule has 0 aromatic heterocycles. The summed E-state index contributed by atoms with van der Waals surface area (Å²) in [6, 6.07) is 50.8. The second-order valence-corrected chi connectivity index (χ2v) is 14.5. The van der Waals surface area contributed by atoms with Crippen LogP contribution in [0.15, 0.2) is 206 Å². The fourth-order valence-electron chi connectivity index (χ4n) is 8.88. The van der Waals surface area contributed by atoms with E-state index in [2.05, 4.69) is 60.7 Å². The van der Waals surface area contributed by atoms with E-state index in [1.54, 1.807) is 0 Å². The average Bonchev–Trinajstić information content (AvgIpc) is 3.32. The Balaban J connectivity index is 1.14. The van der Waals surface area contributed by atoms with E-state index >= 15 is 0 Å². The molecule has 0 aliphatic heterocycles. The lowest BCUT2D eigenvalue weighted by Crippen LogP contribution is -1.91. The molecule has 0 atom stereocenters. The van der Waals surface area contributed by atoms with Crippen LogP contribution < -0.4 is 0 Å². The van der Waals surface area contributed by atoms with Gasteiger partial charge in [0, 0.05) is 0 Å². The number of hydrogen-bond acceptors (Lipinski definition) is 0. The molecule has 0 fully saturated rings. The highest BCUT2D eigenvalue weighted by Gasteiger charge is 2.17. The summed E-state index contributed by atoms with van der Waals surface area (Å²) in [6.45, 7) is 0. The quantitative estimate of drug-likeness (QED) is 0.159. The lowest BCUT2D eigenvalue weighted by molar-refractivity contribution is 1.66. The van der Waals surface area contributed by atoms with Crippen molar-refractivity contribution < 1.29 is 11.0 Å². The van der Waals surface area contributed by atoms with Crippen molar-refractivity contribution in [2.75, 3.05) is 0 Å². The van der Waals surface area contributed by atoms with Crippen LogP contribution in [0.1, 0.15) is 11.0 Å². The maximum Gasteiger partial charge on any atom is 0.0630 e. The highest BCUT2D eigenvalue weighted by Crippen LogP contribution is 2.45. The van der Waals surface area contributed by atoms with E-state index in [1.807, 2.05) is 97.1 Å². The van der Waals surface area contributed by atoms with Crippen LogP contribution in [-0.2, 0) is 0 Å². The summed E-state index contributed by atoms with van der Waals surface area (Å²) in [5, 5.41) is 8.96. The first-order valence-corrected chi connectivity index (χ1v) is 18.9. The van der Waals surface area contributed by atoms with E-state index in [-0.39, 0.29) is 81.0 Å². The number of fused-ring (bicyclic) bond motifs is 4. The van der Waals surface area contributed by atoms with Gasteiger partial charge in [-0.05, 0) is 132 Å². The van der Waals surface area contributed by atoms with Gasteiger partial charge in [-0.15, -0.1) is 0 Å². The smallest absolute Gasteiger partial charge is 0.0616 e. The maximum absolute atomic E-state index is 9.60. The van der Waals surface area contributed by atoms with Crippen molar-refractivity contribution in [2.45, 2.75) is 0 Å². The Labute approximate surface area is 336 Å². The van der Waals surface area contributed by atoms with Gasteiger partial charge in [0.05, 0.1) is 11.0 Å². The number of hydrogen-bond donors (Lipinski definition) is 0. The summed E-state index contributed by atoms with van der Waals surface area (Å²) in [7, 11) is 0. The second kappa shape index (κ2) is 12.1. The molecule has 0 aliphatic carbocycles. The van der Waals surface area contributed by atoms with Crippen LogP contribution in [-0.4, -0.2) is 0 Å². The summed E-state index contributed by atoms with van der Waals surface area (Å²) < 4.78 is 76.3. The summed E-state index contributed by atoms with van der Waals surface area (Å²) >= 11 is 0. The minimum atomic E-state index is -0.296. The predicted molar refractivity (Wildman–Crippen MR) is 242 cm³/mol. The molecule has 0 spiro atoms. The highest BCUT2D eigenvalue weighted by atomic mass is 14.2. The lowest BCUT2D eigenvalue weighted by atomic mass is 9.85. The van der Waals surface area contributed by atoms with Gasteiger partial charge >= 0.3 is 0 Å². The molecule has 0 saturated heterocycles. The number of rotatable bonds is 4. The van der Waals surface area contributed by atoms with Crippen LogP contribution in [0, 0.1) is 0 Å². The Bertz CT molecular complexity index is 3730. The molecule has 0 aliphatic rings. The number of benzene rings is 12. The molecular formula is C56H34. The molecule has 0 saturated carbocycles. The SMILES string of the molecule is [2H]c1c([2H])c2c([2H])c([2H])c3c(-c4cccc5cc(-c6cccc7ccccc67)ccc45)c([2H])c([2H])c4c([2H])c([2H])c(c1-c1cccc5cc(-c6cccc7ccccc67)ccc15)c2c43. The summed E-state index contributed by atoms with van der Waals surface area (Å²) in [5.41, 5.74) is 5.97. The van der Waals surface area contributed by atoms with Crippen molar-refractivity contribution in [1.82, 2.24) is 0 Å². The van der Waals surface area contributed by atoms with Crippen LogP contribution in [0.3, 0.4) is 0 Å². The highest BCUT2D eigenvalue weighted by molar-refractivity contribution is 6.28. The molecule has 0 amide bonds. The third-order valence-corrected chi connectivity index (χ3v) is 11.5. The van der Waals surface area contributed by atoms with Crippen molar-refractivity contribution in [1.29, 1.82) is 0 Å². The maximum atomic E-state index is 9.60. The molecule has 12 rings (SSSR count). The average molecular weight is 715 g/mol. The zero-order chi connectivity index (χ0) is 43.7. The first kappa shape index (κ1) is 24.2. The molecule has 56 heavy (non-hydrogen) atoms. The lowest BCUT2D eigenvalue weighted by Gasteiger charge is -2.18. The van der Waals surface area contributed by atoms with Crippen molar-refractivity contribution in [3.8, 4) is 44.5 Å². The van der Waals surface area contributed by atoms with Crippen molar-refractivity contribution in [3.63, 3.8) is 0 Å². The van der Waals surface area contributed by atoms with Gasteiger partial charge in [0.2, 0.25) is 0 Å².